The molecule has 3 nitrogen and oxygen atoms in total. The number of hydrogen-bond donors (Lipinski definition) is 0. The Morgan fingerprint density at radius 1 is 1.33 bits per heavy atom. The van der Waals surface area contributed by atoms with E-state index in [-0.39, 0.29) is 0 Å². The van der Waals surface area contributed by atoms with Gasteiger partial charge < -0.3 is 4.74 Å². The topological polar surface area (TPSA) is 26.5 Å². The predicted octanol–water partition coefficient (Wildman–Crippen LogP) is 2.89. The van der Waals surface area contributed by atoms with Crippen LogP contribution in [0.15, 0.2) is 30.5 Å². The number of ether oxygens (including phenoxy) is 1. The van der Waals surface area contributed by atoms with Crippen molar-refractivity contribution in [1.29, 1.82) is 0 Å². The van der Waals surface area contributed by atoms with Gasteiger partial charge in [-0.05, 0) is 25.0 Å². The summed E-state index contributed by atoms with van der Waals surface area (Å²) in [6.45, 7) is 0.732. The minimum atomic E-state index is 0.704. The smallest absolute Gasteiger partial charge is 0.233 e. The molecule has 0 fully saturated rings. The zero-order valence-corrected chi connectivity index (χ0v) is 9.98. The average molecular weight is 269 g/mol. The van der Waals surface area contributed by atoms with Crippen molar-refractivity contribution in [2.45, 2.75) is 12.8 Å². The first-order valence-electron chi connectivity index (χ1n) is 5.03. The summed E-state index contributed by atoms with van der Waals surface area (Å²) in [5, 5.41) is 5.32. The Morgan fingerprint density at radius 2 is 2.27 bits per heavy atom. The van der Waals surface area contributed by atoms with Gasteiger partial charge in [0.15, 0.2) is 0 Å². The molecule has 0 aliphatic carbocycles. The fourth-order valence-electron chi connectivity index (χ4n) is 1.36. The number of alkyl halides is 1. The zero-order valence-electron chi connectivity index (χ0n) is 8.40. The summed E-state index contributed by atoms with van der Waals surface area (Å²) in [6, 6.07) is 7.91. The second-order valence-electron chi connectivity index (χ2n) is 3.30. The lowest BCUT2D eigenvalue weighted by atomic mass is 10.4. The predicted molar refractivity (Wildman–Crippen MR) is 63.7 cm³/mol. The van der Waals surface area contributed by atoms with Crippen LogP contribution in [0.5, 0.6) is 5.88 Å². The van der Waals surface area contributed by atoms with E-state index in [4.69, 9.17) is 4.74 Å². The summed E-state index contributed by atoms with van der Waals surface area (Å²) in [7, 11) is 0. The summed E-state index contributed by atoms with van der Waals surface area (Å²) in [6.07, 6.45) is 4.10. The van der Waals surface area contributed by atoms with Crippen LogP contribution in [0.3, 0.4) is 0 Å². The standard InChI is InChI=1S/C11H13BrN2O/c12-6-2-4-8-15-11-9-10-5-1-3-7-14(10)13-11/h1,3,5,7,9H,2,4,6,8H2. The largest absolute Gasteiger partial charge is 0.477 e. The fourth-order valence-corrected chi connectivity index (χ4v) is 1.75. The third-order valence-electron chi connectivity index (χ3n) is 2.13. The van der Waals surface area contributed by atoms with Crippen LogP contribution in [-0.2, 0) is 0 Å². The Bertz CT molecular complexity index is 394. The molecule has 2 aromatic heterocycles. The molecule has 15 heavy (non-hydrogen) atoms. The molecule has 0 aliphatic rings. The van der Waals surface area contributed by atoms with E-state index in [1.165, 1.54) is 0 Å². The van der Waals surface area contributed by atoms with Crippen LogP contribution in [0.1, 0.15) is 12.8 Å². The molecule has 2 aromatic rings. The number of aromatic nitrogens is 2. The van der Waals surface area contributed by atoms with Crippen molar-refractivity contribution >= 4 is 21.4 Å². The SMILES string of the molecule is BrCCCCOc1cc2ccccn2n1. The zero-order chi connectivity index (χ0) is 10.5. The second kappa shape index (κ2) is 5.16. The van der Waals surface area contributed by atoms with Crippen molar-refractivity contribution in [2.24, 2.45) is 0 Å². The molecular formula is C11H13BrN2O. The fraction of sp³-hybridized carbons (Fsp3) is 0.364. The average Bonchev–Trinajstić information content (AvgIpc) is 2.67. The van der Waals surface area contributed by atoms with Crippen LogP contribution in [0, 0.1) is 0 Å². The molecule has 2 heterocycles. The Morgan fingerprint density at radius 3 is 3.07 bits per heavy atom. The number of rotatable bonds is 5. The highest BCUT2D eigenvalue weighted by molar-refractivity contribution is 9.09. The number of fused-ring (bicyclic) bond motifs is 1. The van der Waals surface area contributed by atoms with E-state index in [0.29, 0.717) is 5.88 Å². The molecule has 0 bridgehead atoms. The molecule has 0 atom stereocenters. The maximum atomic E-state index is 5.54. The number of halogens is 1. The molecule has 0 N–H and O–H groups in total. The molecule has 0 spiro atoms. The van der Waals surface area contributed by atoms with Crippen molar-refractivity contribution in [3.8, 4) is 5.88 Å². The van der Waals surface area contributed by atoms with Gasteiger partial charge in [-0.15, -0.1) is 5.10 Å². The summed E-state index contributed by atoms with van der Waals surface area (Å²) in [5.41, 5.74) is 1.06. The van der Waals surface area contributed by atoms with E-state index in [1.54, 1.807) is 0 Å². The van der Waals surface area contributed by atoms with Crippen molar-refractivity contribution in [3.63, 3.8) is 0 Å². The first-order chi connectivity index (χ1) is 7.40. The summed E-state index contributed by atoms with van der Waals surface area (Å²) >= 11 is 3.39. The second-order valence-corrected chi connectivity index (χ2v) is 4.09. The number of unbranched alkanes of at least 4 members (excludes halogenated alkanes) is 1. The third-order valence-corrected chi connectivity index (χ3v) is 2.69. The van der Waals surface area contributed by atoms with Crippen LogP contribution in [0.2, 0.25) is 0 Å². The first kappa shape index (κ1) is 10.5. The van der Waals surface area contributed by atoms with Crippen LogP contribution in [0.4, 0.5) is 0 Å². The van der Waals surface area contributed by atoms with Crippen LogP contribution < -0.4 is 4.74 Å². The number of pyridine rings is 1. The molecule has 0 aromatic carbocycles. The molecule has 0 amide bonds. The monoisotopic (exact) mass is 268 g/mol. The molecular weight excluding hydrogens is 256 g/mol. The molecule has 80 valence electrons. The van der Waals surface area contributed by atoms with Gasteiger partial charge in [-0.2, -0.15) is 0 Å². The molecule has 0 radical (unpaired) electrons. The Hall–Kier alpha value is -1.03. The molecule has 2 rings (SSSR count). The third kappa shape index (κ3) is 2.72. The number of hydrogen-bond acceptors (Lipinski definition) is 2. The highest BCUT2D eigenvalue weighted by Crippen LogP contribution is 2.12. The van der Waals surface area contributed by atoms with Crippen molar-refractivity contribution in [3.05, 3.63) is 30.5 Å². The van der Waals surface area contributed by atoms with Gasteiger partial charge in [-0.25, -0.2) is 4.52 Å². The molecule has 4 heteroatoms. The van der Waals surface area contributed by atoms with E-state index in [9.17, 15) is 0 Å². The van der Waals surface area contributed by atoms with E-state index in [2.05, 4.69) is 21.0 Å². The molecule has 0 saturated heterocycles. The summed E-state index contributed by atoms with van der Waals surface area (Å²) < 4.78 is 7.36. The lowest BCUT2D eigenvalue weighted by Gasteiger charge is -1.99. The van der Waals surface area contributed by atoms with Crippen LogP contribution in [-0.4, -0.2) is 21.6 Å². The van der Waals surface area contributed by atoms with Crippen molar-refractivity contribution in [2.75, 3.05) is 11.9 Å². The van der Waals surface area contributed by atoms with Gasteiger partial charge in [0.25, 0.3) is 0 Å². The highest BCUT2D eigenvalue weighted by atomic mass is 79.9. The van der Waals surface area contributed by atoms with Crippen LogP contribution in [0.25, 0.3) is 5.52 Å². The minimum absolute atomic E-state index is 0.704. The van der Waals surface area contributed by atoms with E-state index < -0.39 is 0 Å². The van der Waals surface area contributed by atoms with Crippen LogP contribution >= 0.6 is 15.9 Å². The van der Waals surface area contributed by atoms with Crippen molar-refractivity contribution < 1.29 is 4.74 Å². The number of nitrogens with zero attached hydrogens (tertiary/aromatic N) is 2. The molecule has 0 saturated carbocycles. The van der Waals surface area contributed by atoms with Gasteiger partial charge in [-0.1, -0.05) is 22.0 Å². The maximum absolute atomic E-state index is 5.54. The van der Waals surface area contributed by atoms with Gasteiger partial charge in [0.1, 0.15) is 0 Å². The van der Waals surface area contributed by atoms with Gasteiger partial charge in [0.05, 0.1) is 12.1 Å². The molecule has 0 aliphatic heterocycles. The normalized spacial score (nSPS) is 10.7. The first-order valence-corrected chi connectivity index (χ1v) is 6.15. The Kier molecular flexibility index (Phi) is 3.61. The van der Waals surface area contributed by atoms with Gasteiger partial charge in [-0.3, -0.25) is 0 Å². The highest BCUT2D eigenvalue weighted by Gasteiger charge is 2.00. The van der Waals surface area contributed by atoms with E-state index in [1.807, 2.05) is 35.0 Å². The lowest BCUT2D eigenvalue weighted by molar-refractivity contribution is 0.297. The summed E-state index contributed by atoms with van der Waals surface area (Å²) in [4.78, 5) is 0. The summed E-state index contributed by atoms with van der Waals surface area (Å²) in [5.74, 6) is 0.704. The Labute approximate surface area is 97.2 Å². The molecule has 0 unspecified atom stereocenters. The quantitative estimate of drug-likeness (QED) is 0.616. The minimum Gasteiger partial charge on any atom is -0.477 e. The van der Waals surface area contributed by atoms with Crippen molar-refractivity contribution in [1.82, 2.24) is 9.61 Å². The Balaban J connectivity index is 1.97. The van der Waals surface area contributed by atoms with Gasteiger partial charge in [0.2, 0.25) is 5.88 Å². The van der Waals surface area contributed by atoms with Gasteiger partial charge >= 0.3 is 0 Å². The van der Waals surface area contributed by atoms with E-state index >= 15 is 0 Å². The maximum Gasteiger partial charge on any atom is 0.233 e. The lowest BCUT2D eigenvalue weighted by Crippen LogP contribution is -1.98. The van der Waals surface area contributed by atoms with Gasteiger partial charge in [0, 0.05) is 17.6 Å². The van der Waals surface area contributed by atoms with E-state index in [0.717, 1.165) is 30.3 Å².